The number of amides is 1. The molecule has 1 aliphatic rings. The monoisotopic (exact) mass is 419 g/mol. The molecule has 0 spiro atoms. The smallest absolute Gasteiger partial charge is 0.243 e. The first-order chi connectivity index (χ1) is 14.5. The molecule has 1 amide bonds. The lowest BCUT2D eigenvalue weighted by Crippen LogP contribution is -2.43. The summed E-state index contributed by atoms with van der Waals surface area (Å²) < 4.78 is 27.8. The molecule has 3 aromatic carbocycles. The maximum atomic E-state index is 13.2. The van der Waals surface area contributed by atoms with E-state index in [-0.39, 0.29) is 17.3 Å². The Bertz CT molecular complexity index is 1250. The highest BCUT2D eigenvalue weighted by atomic mass is 32.2. The second-order valence-electron chi connectivity index (χ2n) is 7.39. The third kappa shape index (κ3) is 4.06. The number of rotatable bonds is 4. The Hall–Kier alpha value is -3.21. The van der Waals surface area contributed by atoms with E-state index in [4.69, 9.17) is 5.26 Å². The van der Waals surface area contributed by atoms with Gasteiger partial charge < -0.3 is 5.32 Å². The van der Waals surface area contributed by atoms with E-state index in [9.17, 15) is 13.2 Å². The topological polar surface area (TPSA) is 90.3 Å². The van der Waals surface area contributed by atoms with Crippen molar-refractivity contribution in [2.45, 2.75) is 17.7 Å². The normalized spacial score (nSPS) is 17.4. The van der Waals surface area contributed by atoms with Crippen LogP contribution in [-0.4, -0.2) is 31.7 Å². The van der Waals surface area contributed by atoms with Crippen LogP contribution in [0.25, 0.3) is 10.8 Å². The third-order valence-corrected chi connectivity index (χ3v) is 7.23. The average molecular weight is 420 g/mol. The zero-order valence-electron chi connectivity index (χ0n) is 16.3. The van der Waals surface area contributed by atoms with Crippen molar-refractivity contribution in [1.29, 1.82) is 5.26 Å². The predicted octanol–water partition coefficient (Wildman–Crippen LogP) is 3.75. The number of carbonyl (C=O) groups excluding carboxylic acids is 1. The second kappa shape index (κ2) is 8.27. The van der Waals surface area contributed by atoms with Gasteiger partial charge in [0, 0.05) is 18.8 Å². The van der Waals surface area contributed by atoms with Crippen LogP contribution in [0.3, 0.4) is 0 Å². The summed E-state index contributed by atoms with van der Waals surface area (Å²) >= 11 is 0. The van der Waals surface area contributed by atoms with Crippen LogP contribution in [-0.2, 0) is 14.8 Å². The Morgan fingerprint density at radius 3 is 2.63 bits per heavy atom. The minimum atomic E-state index is -3.69. The van der Waals surface area contributed by atoms with E-state index in [0.717, 1.165) is 10.8 Å². The lowest BCUT2D eigenvalue weighted by molar-refractivity contribution is -0.120. The molecule has 0 aromatic heterocycles. The minimum Gasteiger partial charge on any atom is -0.326 e. The first kappa shape index (κ1) is 20.1. The number of fused-ring (bicyclic) bond motifs is 1. The molecule has 1 heterocycles. The van der Waals surface area contributed by atoms with E-state index in [1.807, 2.05) is 30.3 Å². The van der Waals surface area contributed by atoms with Crippen molar-refractivity contribution >= 4 is 32.4 Å². The van der Waals surface area contributed by atoms with Crippen molar-refractivity contribution in [3.8, 4) is 6.07 Å². The van der Waals surface area contributed by atoms with Gasteiger partial charge in [-0.3, -0.25) is 4.79 Å². The van der Waals surface area contributed by atoms with Gasteiger partial charge in [-0.05, 0) is 53.9 Å². The van der Waals surface area contributed by atoms with Crippen molar-refractivity contribution in [2.75, 3.05) is 18.4 Å². The zero-order chi connectivity index (χ0) is 21.1. The molecule has 0 saturated carbocycles. The number of nitrogens with one attached hydrogen (secondary N) is 1. The van der Waals surface area contributed by atoms with Crippen LogP contribution in [0.1, 0.15) is 18.4 Å². The number of piperidine rings is 1. The van der Waals surface area contributed by atoms with E-state index < -0.39 is 15.9 Å². The summed E-state index contributed by atoms with van der Waals surface area (Å²) in [7, 11) is -3.69. The second-order valence-corrected chi connectivity index (χ2v) is 9.33. The molecule has 152 valence electrons. The Morgan fingerprint density at radius 1 is 1.03 bits per heavy atom. The number of sulfonamides is 1. The van der Waals surface area contributed by atoms with E-state index in [1.54, 1.807) is 42.5 Å². The fourth-order valence-corrected chi connectivity index (χ4v) is 5.32. The summed E-state index contributed by atoms with van der Waals surface area (Å²) in [4.78, 5) is 13.0. The van der Waals surface area contributed by atoms with Gasteiger partial charge in [-0.15, -0.1) is 0 Å². The Morgan fingerprint density at radius 2 is 1.83 bits per heavy atom. The molecule has 1 N–H and O–H groups in total. The van der Waals surface area contributed by atoms with Crippen LogP contribution in [0.5, 0.6) is 0 Å². The lowest BCUT2D eigenvalue weighted by Gasteiger charge is -2.31. The van der Waals surface area contributed by atoms with Gasteiger partial charge in [0.2, 0.25) is 15.9 Å². The number of carbonyl (C=O) groups is 1. The standard InChI is InChI=1S/C23H21N3O3S/c24-15-17-5-3-9-21(13-17)25-23(27)20-8-4-12-26(16-20)30(28,29)22-11-10-18-6-1-2-7-19(18)14-22/h1-3,5-7,9-11,13-14,20H,4,8,12,16H2,(H,25,27)/t20-/m0/s1. The number of hydrogen-bond acceptors (Lipinski definition) is 4. The van der Waals surface area contributed by atoms with Gasteiger partial charge in [-0.1, -0.05) is 36.4 Å². The van der Waals surface area contributed by atoms with Crippen LogP contribution in [0.15, 0.2) is 71.6 Å². The Labute approximate surface area is 175 Å². The van der Waals surface area contributed by atoms with Crippen LogP contribution >= 0.6 is 0 Å². The maximum Gasteiger partial charge on any atom is 0.243 e. The highest BCUT2D eigenvalue weighted by Gasteiger charge is 2.33. The number of nitriles is 1. The van der Waals surface area contributed by atoms with Crippen molar-refractivity contribution < 1.29 is 13.2 Å². The molecule has 7 heteroatoms. The van der Waals surface area contributed by atoms with E-state index >= 15 is 0 Å². The highest BCUT2D eigenvalue weighted by Crippen LogP contribution is 2.27. The minimum absolute atomic E-state index is 0.138. The number of anilines is 1. The molecule has 4 rings (SSSR count). The lowest BCUT2D eigenvalue weighted by atomic mass is 9.98. The van der Waals surface area contributed by atoms with Gasteiger partial charge in [0.05, 0.1) is 22.4 Å². The molecule has 0 unspecified atom stereocenters. The summed E-state index contributed by atoms with van der Waals surface area (Å²) in [6.07, 6.45) is 1.23. The van der Waals surface area contributed by atoms with Gasteiger partial charge in [0.25, 0.3) is 0 Å². The molecular weight excluding hydrogens is 398 g/mol. The van der Waals surface area contributed by atoms with Crippen molar-refractivity contribution in [3.05, 3.63) is 72.3 Å². The van der Waals surface area contributed by atoms with E-state index in [2.05, 4.69) is 5.32 Å². The maximum absolute atomic E-state index is 13.2. The average Bonchev–Trinajstić information content (AvgIpc) is 2.79. The van der Waals surface area contributed by atoms with Gasteiger partial charge in [0.1, 0.15) is 0 Å². The number of nitrogens with zero attached hydrogens (tertiary/aromatic N) is 2. The van der Waals surface area contributed by atoms with Crippen molar-refractivity contribution in [3.63, 3.8) is 0 Å². The summed E-state index contributed by atoms with van der Waals surface area (Å²) in [6, 6.07) is 21.4. The Balaban J connectivity index is 1.52. The quantitative estimate of drug-likeness (QED) is 0.697. The molecule has 0 aliphatic carbocycles. The SMILES string of the molecule is N#Cc1cccc(NC(=O)[C@H]2CCCN(S(=O)(=O)c3ccc4ccccc4c3)C2)c1. The van der Waals surface area contributed by atoms with Crippen LogP contribution in [0, 0.1) is 17.2 Å². The van der Waals surface area contributed by atoms with Crippen LogP contribution in [0.2, 0.25) is 0 Å². The molecular formula is C23H21N3O3S. The fourth-order valence-electron chi connectivity index (χ4n) is 3.76. The van der Waals surface area contributed by atoms with Crippen molar-refractivity contribution in [2.24, 2.45) is 5.92 Å². The molecule has 1 atom stereocenters. The molecule has 30 heavy (non-hydrogen) atoms. The zero-order valence-corrected chi connectivity index (χ0v) is 17.1. The van der Waals surface area contributed by atoms with Gasteiger partial charge >= 0.3 is 0 Å². The first-order valence-electron chi connectivity index (χ1n) is 9.77. The van der Waals surface area contributed by atoms with Gasteiger partial charge in [0.15, 0.2) is 0 Å². The summed E-state index contributed by atoms with van der Waals surface area (Å²) in [5, 5.41) is 13.7. The molecule has 3 aromatic rings. The number of benzene rings is 3. The van der Waals surface area contributed by atoms with Gasteiger partial charge in [-0.25, -0.2) is 8.42 Å². The molecule has 0 bridgehead atoms. The largest absolute Gasteiger partial charge is 0.326 e. The summed E-state index contributed by atoms with van der Waals surface area (Å²) in [5.41, 5.74) is 0.991. The Kier molecular flexibility index (Phi) is 5.53. The number of hydrogen-bond donors (Lipinski definition) is 1. The first-order valence-corrected chi connectivity index (χ1v) is 11.2. The fraction of sp³-hybridized carbons (Fsp3) is 0.217. The summed E-state index contributed by atoms with van der Waals surface area (Å²) in [6.45, 7) is 0.530. The summed E-state index contributed by atoms with van der Waals surface area (Å²) in [5.74, 6) is -0.678. The predicted molar refractivity (Wildman–Crippen MR) is 115 cm³/mol. The molecule has 1 saturated heterocycles. The molecule has 0 radical (unpaired) electrons. The van der Waals surface area contributed by atoms with Gasteiger partial charge in [-0.2, -0.15) is 9.57 Å². The third-order valence-electron chi connectivity index (χ3n) is 5.37. The highest BCUT2D eigenvalue weighted by molar-refractivity contribution is 7.89. The van der Waals surface area contributed by atoms with Crippen LogP contribution in [0.4, 0.5) is 5.69 Å². The molecule has 1 aliphatic heterocycles. The van der Waals surface area contributed by atoms with Crippen LogP contribution < -0.4 is 5.32 Å². The van der Waals surface area contributed by atoms with Crippen molar-refractivity contribution in [1.82, 2.24) is 4.31 Å². The molecule has 1 fully saturated rings. The van der Waals surface area contributed by atoms with E-state index in [0.29, 0.717) is 30.6 Å². The van der Waals surface area contributed by atoms with E-state index in [1.165, 1.54) is 4.31 Å². The molecule has 6 nitrogen and oxygen atoms in total.